The summed E-state index contributed by atoms with van der Waals surface area (Å²) in [5.41, 5.74) is -0.900. The molecule has 1 fully saturated rings. The Morgan fingerprint density at radius 3 is 2.65 bits per heavy atom. The zero-order valence-electron chi connectivity index (χ0n) is 11.2. The summed E-state index contributed by atoms with van der Waals surface area (Å²) in [6.07, 6.45) is 2.05. The minimum absolute atomic E-state index is 0.0436. The summed E-state index contributed by atoms with van der Waals surface area (Å²) in [4.78, 5) is 25.8. The van der Waals surface area contributed by atoms with E-state index in [1.54, 1.807) is 18.0 Å². The molecule has 0 bridgehead atoms. The number of carbonyl (C=O) groups is 2. The highest BCUT2D eigenvalue weighted by molar-refractivity contribution is 7.16. The van der Waals surface area contributed by atoms with Crippen LogP contribution in [-0.2, 0) is 16.1 Å². The molecule has 1 aliphatic carbocycles. The van der Waals surface area contributed by atoms with Crippen molar-refractivity contribution in [3.8, 4) is 0 Å². The van der Waals surface area contributed by atoms with Crippen LogP contribution in [0.1, 0.15) is 24.1 Å². The van der Waals surface area contributed by atoms with Gasteiger partial charge in [0.15, 0.2) is 0 Å². The summed E-state index contributed by atoms with van der Waals surface area (Å²) in [6, 6.07) is 3.68. The van der Waals surface area contributed by atoms with Crippen LogP contribution in [0, 0.1) is 0 Å². The molecule has 7 heteroatoms. The number of hydrogen-bond acceptors (Lipinski definition) is 4. The van der Waals surface area contributed by atoms with Crippen LogP contribution in [0.15, 0.2) is 12.1 Å². The van der Waals surface area contributed by atoms with Crippen LogP contribution < -0.4 is 5.32 Å². The van der Waals surface area contributed by atoms with Crippen molar-refractivity contribution in [2.75, 3.05) is 13.6 Å². The fourth-order valence-electron chi connectivity index (χ4n) is 2.14. The van der Waals surface area contributed by atoms with Crippen molar-refractivity contribution < 1.29 is 14.7 Å². The summed E-state index contributed by atoms with van der Waals surface area (Å²) < 4.78 is 0.693. The van der Waals surface area contributed by atoms with Crippen molar-refractivity contribution in [2.24, 2.45) is 0 Å². The molecule has 1 aromatic rings. The van der Waals surface area contributed by atoms with Gasteiger partial charge in [0, 0.05) is 11.9 Å². The summed E-state index contributed by atoms with van der Waals surface area (Å²) in [7, 11) is 1.70. The molecule has 0 aliphatic heterocycles. The highest BCUT2D eigenvalue weighted by atomic mass is 35.5. The normalized spacial score (nSPS) is 16.5. The molecule has 20 heavy (non-hydrogen) atoms. The molecule has 0 radical (unpaired) electrons. The average Bonchev–Trinajstić information content (AvgIpc) is 2.72. The lowest BCUT2D eigenvalue weighted by Crippen LogP contribution is -2.59. The van der Waals surface area contributed by atoms with E-state index >= 15 is 0 Å². The third-order valence-corrected chi connectivity index (χ3v) is 4.86. The Bertz CT molecular complexity index is 513. The van der Waals surface area contributed by atoms with Gasteiger partial charge in [0.1, 0.15) is 5.54 Å². The molecular weight excluding hydrogens is 300 g/mol. The molecule has 2 rings (SSSR count). The molecule has 1 aliphatic rings. The highest BCUT2D eigenvalue weighted by Crippen LogP contribution is 2.31. The second kappa shape index (κ2) is 6.11. The number of rotatable bonds is 6. The number of nitrogens with one attached hydrogen (secondary N) is 1. The molecule has 2 N–H and O–H groups in total. The number of hydrogen-bond donors (Lipinski definition) is 2. The average molecular weight is 317 g/mol. The summed E-state index contributed by atoms with van der Waals surface area (Å²) in [5.74, 6) is -0.994. The summed E-state index contributed by atoms with van der Waals surface area (Å²) in [5, 5.41) is 12.1. The molecule has 0 atom stereocenters. The largest absolute Gasteiger partial charge is 0.480 e. The number of nitrogens with zero attached hydrogens (tertiary/aromatic N) is 1. The Hall–Kier alpha value is -1.11. The van der Waals surface area contributed by atoms with Gasteiger partial charge >= 0.3 is 5.97 Å². The van der Waals surface area contributed by atoms with Gasteiger partial charge in [-0.15, -0.1) is 11.3 Å². The maximum absolute atomic E-state index is 12.0. The quantitative estimate of drug-likeness (QED) is 0.841. The molecule has 1 saturated carbocycles. The van der Waals surface area contributed by atoms with Crippen molar-refractivity contribution in [3.05, 3.63) is 21.3 Å². The number of halogens is 1. The van der Waals surface area contributed by atoms with Gasteiger partial charge in [-0.2, -0.15) is 0 Å². The van der Waals surface area contributed by atoms with Gasteiger partial charge < -0.3 is 10.0 Å². The Morgan fingerprint density at radius 1 is 1.50 bits per heavy atom. The smallest absolute Gasteiger partial charge is 0.323 e. The number of amides is 1. The van der Waals surface area contributed by atoms with Crippen molar-refractivity contribution >= 4 is 34.8 Å². The number of thiophene rings is 1. The first-order valence-electron chi connectivity index (χ1n) is 6.39. The predicted octanol–water partition coefficient (Wildman–Crippen LogP) is 1.96. The monoisotopic (exact) mass is 316 g/mol. The summed E-state index contributed by atoms with van der Waals surface area (Å²) in [6.45, 7) is 0.528. The molecular formula is C13H17ClN2O3S. The first kappa shape index (κ1) is 15.3. The van der Waals surface area contributed by atoms with Crippen LogP contribution in [0.25, 0.3) is 0 Å². The third kappa shape index (κ3) is 3.31. The van der Waals surface area contributed by atoms with E-state index in [-0.39, 0.29) is 12.5 Å². The van der Waals surface area contributed by atoms with Gasteiger partial charge in [-0.1, -0.05) is 11.6 Å². The van der Waals surface area contributed by atoms with Gasteiger partial charge in [-0.3, -0.25) is 14.9 Å². The van der Waals surface area contributed by atoms with Crippen LogP contribution in [0.3, 0.4) is 0 Å². The van der Waals surface area contributed by atoms with Crippen LogP contribution >= 0.6 is 22.9 Å². The van der Waals surface area contributed by atoms with Crippen LogP contribution in [0.2, 0.25) is 4.34 Å². The second-order valence-electron chi connectivity index (χ2n) is 5.05. The minimum Gasteiger partial charge on any atom is -0.480 e. The van der Waals surface area contributed by atoms with Gasteiger partial charge in [0.05, 0.1) is 17.4 Å². The topological polar surface area (TPSA) is 69.6 Å². The fourth-order valence-corrected chi connectivity index (χ4v) is 3.28. The number of aliphatic carboxylic acids is 1. The van der Waals surface area contributed by atoms with Crippen molar-refractivity contribution in [1.82, 2.24) is 10.2 Å². The number of carbonyl (C=O) groups excluding carboxylic acids is 1. The van der Waals surface area contributed by atoms with E-state index in [4.69, 9.17) is 11.6 Å². The van der Waals surface area contributed by atoms with Gasteiger partial charge in [0.2, 0.25) is 5.91 Å². The second-order valence-corrected chi connectivity index (χ2v) is 6.85. The molecule has 1 aromatic heterocycles. The first-order valence-corrected chi connectivity index (χ1v) is 7.59. The Balaban J connectivity index is 1.83. The SMILES string of the molecule is CN(Cc1ccc(Cl)s1)C(=O)CNC1(C(=O)O)CCC1. The van der Waals surface area contributed by atoms with Crippen LogP contribution in [0.4, 0.5) is 0 Å². The minimum atomic E-state index is -0.900. The van der Waals surface area contributed by atoms with Crippen molar-refractivity contribution in [2.45, 2.75) is 31.3 Å². The standard InChI is InChI=1S/C13H17ClN2O3S/c1-16(8-9-3-4-10(14)20-9)11(17)7-15-13(12(18)19)5-2-6-13/h3-4,15H,2,5-8H2,1H3,(H,18,19). The van der Waals surface area contributed by atoms with Gasteiger partial charge in [-0.25, -0.2) is 0 Å². The molecule has 0 spiro atoms. The van der Waals surface area contributed by atoms with E-state index in [9.17, 15) is 14.7 Å². The fraction of sp³-hybridized carbons (Fsp3) is 0.538. The summed E-state index contributed by atoms with van der Waals surface area (Å²) >= 11 is 7.28. The molecule has 0 saturated heterocycles. The number of likely N-dealkylation sites (N-methyl/N-ethyl adjacent to an activating group) is 1. The first-order chi connectivity index (χ1) is 9.43. The van der Waals surface area contributed by atoms with E-state index in [1.807, 2.05) is 6.07 Å². The zero-order chi connectivity index (χ0) is 14.8. The molecule has 5 nitrogen and oxygen atoms in total. The zero-order valence-corrected chi connectivity index (χ0v) is 12.8. The Labute approximate surface area is 126 Å². The number of carboxylic acids is 1. The van der Waals surface area contributed by atoms with Crippen molar-refractivity contribution in [3.63, 3.8) is 0 Å². The maximum Gasteiger partial charge on any atom is 0.323 e. The van der Waals surface area contributed by atoms with E-state index in [1.165, 1.54) is 11.3 Å². The van der Waals surface area contributed by atoms with E-state index in [0.29, 0.717) is 23.7 Å². The molecule has 1 amide bonds. The van der Waals surface area contributed by atoms with Crippen LogP contribution in [-0.4, -0.2) is 41.0 Å². The number of carboxylic acid groups (broad SMARTS) is 1. The Morgan fingerprint density at radius 2 is 2.20 bits per heavy atom. The maximum atomic E-state index is 12.0. The molecule has 0 aromatic carbocycles. The molecule has 1 heterocycles. The van der Waals surface area contributed by atoms with Crippen molar-refractivity contribution in [1.29, 1.82) is 0 Å². The third-order valence-electron chi connectivity index (χ3n) is 3.64. The van der Waals surface area contributed by atoms with Gasteiger partial charge in [0.25, 0.3) is 0 Å². The van der Waals surface area contributed by atoms with E-state index in [2.05, 4.69) is 5.32 Å². The molecule has 0 unspecified atom stereocenters. The van der Waals surface area contributed by atoms with E-state index in [0.717, 1.165) is 11.3 Å². The van der Waals surface area contributed by atoms with Crippen LogP contribution in [0.5, 0.6) is 0 Å². The highest BCUT2D eigenvalue weighted by Gasteiger charge is 2.44. The lowest BCUT2D eigenvalue weighted by Gasteiger charge is -2.38. The van der Waals surface area contributed by atoms with E-state index < -0.39 is 11.5 Å². The van der Waals surface area contributed by atoms with Gasteiger partial charge in [-0.05, 0) is 31.4 Å². The molecule has 110 valence electrons. The predicted molar refractivity (Wildman–Crippen MR) is 78.0 cm³/mol. The lowest BCUT2D eigenvalue weighted by molar-refractivity contribution is -0.149. The lowest BCUT2D eigenvalue weighted by atomic mass is 9.77. The Kier molecular flexibility index (Phi) is 4.67.